The van der Waals surface area contributed by atoms with E-state index in [1.54, 1.807) is 22.2 Å². The quantitative estimate of drug-likeness (QED) is 0.0944. The zero-order valence-corrected chi connectivity index (χ0v) is 29.6. The Morgan fingerprint density at radius 1 is 0.654 bits per heavy atom. The van der Waals surface area contributed by atoms with Crippen molar-refractivity contribution in [3.05, 3.63) is 96.8 Å². The van der Waals surface area contributed by atoms with E-state index in [-0.39, 0.29) is 24.9 Å². The summed E-state index contributed by atoms with van der Waals surface area (Å²) in [4.78, 5) is 66.0. The van der Waals surface area contributed by atoms with Crippen LogP contribution in [-0.2, 0) is 32.2 Å². The number of alkyl carbamates (subject to hydrolysis) is 1. The summed E-state index contributed by atoms with van der Waals surface area (Å²) in [5.74, 6) is 0.970. The molecule has 2 aromatic heterocycles. The predicted molar refractivity (Wildman–Crippen MR) is 198 cm³/mol. The van der Waals surface area contributed by atoms with Gasteiger partial charge in [0.2, 0.25) is 18.2 Å². The van der Waals surface area contributed by atoms with E-state index in [4.69, 9.17) is 0 Å². The van der Waals surface area contributed by atoms with Gasteiger partial charge in [-0.25, -0.2) is 14.8 Å². The number of aromatic amines is 2. The number of hydrogen-bond acceptors (Lipinski definition) is 7. The van der Waals surface area contributed by atoms with Crippen LogP contribution in [0, 0.1) is 0 Å². The zero-order chi connectivity index (χ0) is 36.9. The second-order valence-electron chi connectivity index (χ2n) is 12.2. The van der Waals surface area contributed by atoms with Crippen LogP contribution in [0.3, 0.4) is 0 Å². The number of carbonyl (C=O) groups is 4. The molecule has 0 aliphatic heterocycles. The minimum Gasteiger partial charge on any atom is -0.453 e. The molecule has 52 heavy (non-hydrogen) atoms. The maximum Gasteiger partial charge on any atom is 0.407 e. The summed E-state index contributed by atoms with van der Waals surface area (Å²) >= 11 is 0. The Hall–Kier alpha value is -6.24. The third kappa shape index (κ3) is 9.71. The average Bonchev–Trinajstić information content (AvgIpc) is 3.86. The first-order valence-electron chi connectivity index (χ1n) is 17.3. The number of ether oxygens (including phenoxy) is 1. The largest absolute Gasteiger partial charge is 0.453 e. The Morgan fingerprint density at radius 3 is 1.40 bits per heavy atom. The van der Waals surface area contributed by atoms with E-state index in [0.29, 0.717) is 44.2 Å². The number of aromatic nitrogens is 4. The minimum atomic E-state index is -0.646. The molecular formula is C39H44N8O5. The van der Waals surface area contributed by atoms with Crippen molar-refractivity contribution in [2.45, 2.75) is 39.8 Å². The van der Waals surface area contributed by atoms with Crippen LogP contribution in [0.4, 0.5) is 4.79 Å². The number of carbonyl (C=O) groups excluding carboxylic acids is 4. The van der Waals surface area contributed by atoms with Crippen molar-refractivity contribution in [1.29, 1.82) is 0 Å². The summed E-state index contributed by atoms with van der Waals surface area (Å²) in [6.07, 6.45) is 4.98. The molecule has 3 aromatic carbocycles. The molecule has 0 aliphatic carbocycles. The van der Waals surface area contributed by atoms with Crippen molar-refractivity contribution in [3.63, 3.8) is 0 Å². The van der Waals surface area contributed by atoms with E-state index in [9.17, 15) is 19.2 Å². The Kier molecular flexibility index (Phi) is 12.9. The van der Waals surface area contributed by atoms with Gasteiger partial charge in [-0.2, -0.15) is 0 Å². The molecule has 0 bridgehead atoms. The first kappa shape index (κ1) is 37.0. The Labute approximate surface area is 302 Å². The molecule has 0 saturated carbocycles. The Balaban J connectivity index is 1.19. The predicted octanol–water partition coefficient (Wildman–Crippen LogP) is 5.38. The third-order valence-corrected chi connectivity index (χ3v) is 8.48. The molecule has 5 aromatic rings. The Bertz CT molecular complexity index is 1930. The van der Waals surface area contributed by atoms with Crippen LogP contribution < -0.4 is 10.6 Å². The van der Waals surface area contributed by atoms with Gasteiger partial charge in [0, 0.05) is 13.1 Å². The smallest absolute Gasteiger partial charge is 0.407 e. The highest BCUT2D eigenvalue weighted by atomic mass is 16.5. The van der Waals surface area contributed by atoms with Crippen LogP contribution in [0.5, 0.6) is 0 Å². The van der Waals surface area contributed by atoms with Crippen LogP contribution in [0.25, 0.3) is 44.8 Å². The summed E-state index contributed by atoms with van der Waals surface area (Å²) in [5, 5.41) is 4.87. The average molecular weight is 705 g/mol. The number of nitrogens with zero attached hydrogens (tertiary/aromatic N) is 4. The number of hydrogen-bond donors (Lipinski definition) is 4. The molecule has 4 amide bonds. The lowest BCUT2D eigenvalue weighted by Gasteiger charge is -2.21. The molecule has 13 heteroatoms. The lowest BCUT2D eigenvalue weighted by molar-refractivity contribution is -0.132. The van der Waals surface area contributed by atoms with Gasteiger partial charge in [-0.15, -0.1) is 0 Å². The van der Waals surface area contributed by atoms with E-state index in [2.05, 4.69) is 83.8 Å². The lowest BCUT2D eigenvalue weighted by atomic mass is 9.98. The zero-order valence-electron chi connectivity index (χ0n) is 29.6. The number of imidazole rings is 2. The summed E-state index contributed by atoms with van der Waals surface area (Å²) in [6.45, 7) is 5.56. The topological polar surface area (TPSA) is 165 Å². The van der Waals surface area contributed by atoms with E-state index in [1.807, 2.05) is 38.1 Å². The highest BCUT2D eigenvalue weighted by Crippen LogP contribution is 2.29. The number of nitrogens with one attached hydrogen (secondary N) is 4. The molecule has 0 unspecified atom stereocenters. The highest BCUT2D eigenvalue weighted by molar-refractivity contribution is 5.82. The van der Waals surface area contributed by atoms with Crippen LogP contribution in [-0.4, -0.2) is 87.3 Å². The maximum atomic E-state index is 12.6. The first-order chi connectivity index (χ1) is 25.3. The third-order valence-electron chi connectivity index (χ3n) is 8.48. The summed E-state index contributed by atoms with van der Waals surface area (Å²) in [6, 6.07) is 24.9. The summed E-state index contributed by atoms with van der Waals surface area (Å²) < 4.78 is 4.56. The van der Waals surface area contributed by atoms with E-state index >= 15 is 0 Å². The van der Waals surface area contributed by atoms with Gasteiger partial charge in [0.25, 0.3) is 0 Å². The fraction of sp³-hybridized carbons (Fsp3) is 0.282. The second-order valence-corrected chi connectivity index (χ2v) is 12.2. The van der Waals surface area contributed by atoms with E-state index in [1.165, 1.54) is 7.11 Å². The number of amides is 4. The van der Waals surface area contributed by atoms with Crippen molar-refractivity contribution < 1.29 is 23.9 Å². The van der Waals surface area contributed by atoms with Crippen molar-refractivity contribution >= 4 is 24.3 Å². The summed E-state index contributed by atoms with van der Waals surface area (Å²) in [5.41, 5.74) is 8.02. The summed E-state index contributed by atoms with van der Waals surface area (Å²) in [7, 11) is 1.26. The molecule has 0 spiro atoms. The van der Waals surface area contributed by atoms with Crippen LogP contribution >= 0.6 is 0 Å². The number of methoxy groups -OCH3 is 1. The monoisotopic (exact) mass is 704 g/mol. The van der Waals surface area contributed by atoms with Gasteiger partial charge >= 0.3 is 6.09 Å². The standard InChI is InChI=1S/C39H44N8O5/c1-4-18-46(37(49)22-40-26-48)24-35-41-20-33(44-35)31-14-10-29(11-15-31)27-6-8-28(9-7-27)30-12-16-32(17-13-30)34-21-42-36(45-34)25-47(19-5-2)38(50)23-43-39(51)52-3/h6-17,20-21,26H,4-5,18-19,22-25H2,1-3H3,(H,40,48)(H,41,44)(H,42,45)(H,43,51). The fourth-order valence-corrected chi connectivity index (χ4v) is 5.78. The van der Waals surface area contributed by atoms with Crippen LogP contribution in [0.2, 0.25) is 0 Å². The van der Waals surface area contributed by atoms with Crippen molar-refractivity contribution in [3.8, 4) is 44.8 Å². The first-order valence-corrected chi connectivity index (χ1v) is 17.3. The fourth-order valence-electron chi connectivity index (χ4n) is 5.78. The van der Waals surface area contributed by atoms with Gasteiger partial charge in [-0.05, 0) is 46.2 Å². The van der Waals surface area contributed by atoms with Crippen molar-refractivity contribution in [1.82, 2.24) is 40.4 Å². The van der Waals surface area contributed by atoms with Crippen LogP contribution in [0.1, 0.15) is 38.3 Å². The molecule has 4 N–H and O–H groups in total. The number of rotatable bonds is 17. The van der Waals surface area contributed by atoms with Gasteiger partial charge in [0.1, 0.15) is 18.2 Å². The molecule has 0 fully saturated rings. The molecule has 0 saturated heterocycles. The van der Waals surface area contributed by atoms with Gasteiger partial charge in [-0.1, -0.05) is 86.6 Å². The van der Waals surface area contributed by atoms with Gasteiger partial charge in [0.05, 0.1) is 50.5 Å². The van der Waals surface area contributed by atoms with Crippen molar-refractivity contribution in [2.24, 2.45) is 0 Å². The van der Waals surface area contributed by atoms with Gasteiger partial charge < -0.3 is 35.1 Å². The Morgan fingerprint density at radius 2 is 1.04 bits per heavy atom. The maximum absolute atomic E-state index is 12.6. The lowest BCUT2D eigenvalue weighted by Crippen LogP contribution is -2.40. The van der Waals surface area contributed by atoms with Crippen molar-refractivity contribution in [2.75, 3.05) is 33.3 Å². The molecule has 13 nitrogen and oxygen atoms in total. The molecule has 5 rings (SSSR count). The normalized spacial score (nSPS) is 10.8. The van der Waals surface area contributed by atoms with E-state index < -0.39 is 6.09 Å². The second kappa shape index (κ2) is 18.1. The molecule has 270 valence electrons. The van der Waals surface area contributed by atoms with E-state index in [0.717, 1.165) is 57.6 Å². The molecule has 0 radical (unpaired) electrons. The number of H-pyrrole nitrogens is 2. The molecular weight excluding hydrogens is 660 g/mol. The van der Waals surface area contributed by atoms with Gasteiger partial charge in [-0.3, -0.25) is 14.4 Å². The van der Waals surface area contributed by atoms with Gasteiger partial charge in [0.15, 0.2) is 0 Å². The van der Waals surface area contributed by atoms with Crippen LogP contribution in [0.15, 0.2) is 85.2 Å². The SMILES string of the molecule is CCCN(Cc1ncc(-c2ccc(-c3ccc(-c4ccc(-c5cnc(CN(CCC)C(=O)CNC(=O)OC)[nH]5)cc4)cc3)cc2)[nH]1)C(=O)CNC=O. The highest BCUT2D eigenvalue weighted by Gasteiger charge is 2.17. The minimum absolute atomic E-state index is 0.0364. The molecule has 0 atom stereocenters. The molecule has 0 aliphatic rings. The number of benzene rings is 3. The molecule has 2 heterocycles.